The number of benzene rings is 1. The molecule has 0 atom stereocenters. The van der Waals surface area contributed by atoms with Crippen LogP contribution in [0.3, 0.4) is 0 Å². The monoisotopic (exact) mass is 396 g/mol. The maximum atomic E-state index is 12.3. The van der Waals surface area contributed by atoms with Crippen LogP contribution in [0, 0.1) is 6.92 Å². The molecule has 120 valence electrons. The van der Waals surface area contributed by atoms with Crippen molar-refractivity contribution in [2.24, 2.45) is 0 Å². The Morgan fingerprint density at radius 1 is 1.30 bits per heavy atom. The van der Waals surface area contributed by atoms with Crippen LogP contribution < -0.4 is 5.32 Å². The number of hydrogen-bond donors (Lipinski definition) is 1. The van der Waals surface area contributed by atoms with Gasteiger partial charge in [0.1, 0.15) is 5.69 Å². The number of aryl methyl sites for hydroxylation is 1. The van der Waals surface area contributed by atoms with Crippen LogP contribution in [0.25, 0.3) is 0 Å². The molecule has 0 aliphatic heterocycles. The number of nitrogens with zero attached hydrogens (tertiary/aromatic N) is 1. The summed E-state index contributed by atoms with van der Waals surface area (Å²) in [5.74, 6) is -0.867. The molecule has 1 amide bonds. The summed E-state index contributed by atoms with van der Waals surface area (Å²) < 4.78 is 5.74. The molecule has 0 radical (unpaired) electrons. The van der Waals surface area contributed by atoms with E-state index >= 15 is 0 Å². The lowest BCUT2D eigenvalue weighted by Crippen LogP contribution is -2.16. The maximum Gasteiger partial charge on any atom is 0.339 e. The molecule has 1 heterocycles. The second kappa shape index (κ2) is 7.57. The molecule has 23 heavy (non-hydrogen) atoms. The van der Waals surface area contributed by atoms with Crippen molar-refractivity contribution in [3.8, 4) is 0 Å². The van der Waals surface area contributed by atoms with Gasteiger partial charge in [-0.3, -0.25) is 4.79 Å². The van der Waals surface area contributed by atoms with Gasteiger partial charge in [0.05, 0.1) is 28.6 Å². The van der Waals surface area contributed by atoms with Crippen molar-refractivity contribution >= 4 is 45.1 Å². The molecular weight excluding hydrogens is 384 g/mol. The number of halogens is 2. The quantitative estimate of drug-likeness (QED) is 0.784. The molecule has 0 fully saturated rings. The Kier molecular flexibility index (Phi) is 5.74. The van der Waals surface area contributed by atoms with Gasteiger partial charge in [-0.25, -0.2) is 9.78 Å². The topological polar surface area (TPSA) is 68.3 Å². The van der Waals surface area contributed by atoms with Crippen LogP contribution in [0.5, 0.6) is 0 Å². The van der Waals surface area contributed by atoms with Crippen LogP contribution in [0.1, 0.15) is 33.5 Å². The van der Waals surface area contributed by atoms with Gasteiger partial charge < -0.3 is 10.1 Å². The zero-order valence-corrected chi connectivity index (χ0v) is 14.9. The van der Waals surface area contributed by atoms with E-state index in [4.69, 9.17) is 16.3 Å². The van der Waals surface area contributed by atoms with E-state index in [2.05, 4.69) is 26.2 Å². The van der Waals surface area contributed by atoms with Gasteiger partial charge in [0.25, 0.3) is 5.91 Å². The van der Waals surface area contributed by atoms with Crippen molar-refractivity contribution < 1.29 is 14.3 Å². The van der Waals surface area contributed by atoms with Crippen molar-refractivity contribution in [2.75, 3.05) is 11.9 Å². The van der Waals surface area contributed by atoms with Crippen molar-refractivity contribution in [2.45, 2.75) is 13.8 Å². The van der Waals surface area contributed by atoms with E-state index in [1.165, 1.54) is 12.1 Å². The minimum atomic E-state index is -0.458. The molecule has 2 rings (SSSR count). The smallest absolute Gasteiger partial charge is 0.339 e. The van der Waals surface area contributed by atoms with Crippen LogP contribution in [0.2, 0.25) is 5.02 Å². The summed E-state index contributed by atoms with van der Waals surface area (Å²) in [7, 11) is 0. The highest BCUT2D eigenvalue weighted by molar-refractivity contribution is 9.10. The van der Waals surface area contributed by atoms with Crippen LogP contribution in [-0.2, 0) is 4.74 Å². The Morgan fingerprint density at radius 3 is 2.65 bits per heavy atom. The third kappa shape index (κ3) is 4.30. The van der Waals surface area contributed by atoms with Gasteiger partial charge in [-0.1, -0.05) is 27.5 Å². The number of anilines is 1. The first-order valence-corrected chi connectivity index (χ1v) is 8.00. The fourth-order valence-corrected chi connectivity index (χ4v) is 2.61. The zero-order valence-electron chi connectivity index (χ0n) is 12.5. The molecule has 0 saturated carbocycles. The number of rotatable bonds is 4. The number of amides is 1. The van der Waals surface area contributed by atoms with Gasteiger partial charge in [-0.05, 0) is 44.2 Å². The first kappa shape index (κ1) is 17.4. The zero-order chi connectivity index (χ0) is 17.0. The van der Waals surface area contributed by atoms with E-state index in [9.17, 15) is 9.59 Å². The largest absolute Gasteiger partial charge is 0.462 e. The minimum absolute atomic E-state index is 0.189. The fourth-order valence-electron chi connectivity index (χ4n) is 1.89. The normalized spacial score (nSPS) is 10.3. The fraction of sp³-hybridized carbons (Fsp3) is 0.188. The SMILES string of the molecule is CCOC(=O)c1ccc(C(=O)Nc2ccc(Br)cc2Cl)nc1C. The van der Waals surface area contributed by atoms with Gasteiger partial charge in [-0.15, -0.1) is 0 Å². The highest BCUT2D eigenvalue weighted by atomic mass is 79.9. The molecule has 7 heteroatoms. The Bertz CT molecular complexity index is 765. The number of esters is 1. The van der Waals surface area contributed by atoms with Gasteiger partial charge in [-0.2, -0.15) is 0 Å². The lowest BCUT2D eigenvalue weighted by molar-refractivity contribution is 0.0524. The standard InChI is InChI=1S/C16H14BrClN2O3/c1-3-23-16(22)11-5-7-14(19-9(11)2)15(21)20-13-6-4-10(17)8-12(13)18/h4-8H,3H2,1-2H3,(H,20,21). The van der Waals surface area contributed by atoms with Gasteiger partial charge >= 0.3 is 5.97 Å². The third-order valence-electron chi connectivity index (χ3n) is 2.99. The van der Waals surface area contributed by atoms with E-state index in [1.54, 1.807) is 32.0 Å². The molecule has 1 aromatic heterocycles. The molecule has 0 aliphatic rings. The lowest BCUT2D eigenvalue weighted by Gasteiger charge is -2.09. The summed E-state index contributed by atoms with van der Waals surface area (Å²) in [5, 5.41) is 3.09. The average Bonchev–Trinajstić information content (AvgIpc) is 2.50. The number of carbonyl (C=O) groups excluding carboxylic acids is 2. The van der Waals surface area contributed by atoms with Gasteiger partial charge in [0, 0.05) is 4.47 Å². The molecule has 0 aliphatic carbocycles. The highest BCUT2D eigenvalue weighted by Crippen LogP contribution is 2.26. The molecule has 0 unspecified atom stereocenters. The highest BCUT2D eigenvalue weighted by Gasteiger charge is 2.15. The summed E-state index contributed by atoms with van der Waals surface area (Å²) in [6.45, 7) is 3.66. The van der Waals surface area contributed by atoms with E-state index < -0.39 is 11.9 Å². The van der Waals surface area contributed by atoms with Gasteiger partial charge in [0.2, 0.25) is 0 Å². The summed E-state index contributed by atoms with van der Waals surface area (Å²) in [5.41, 5.74) is 1.44. The predicted molar refractivity (Wildman–Crippen MR) is 92.0 cm³/mol. The van der Waals surface area contributed by atoms with E-state index in [0.717, 1.165) is 4.47 Å². The first-order chi connectivity index (χ1) is 10.9. The molecule has 0 spiro atoms. The number of aromatic nitrogens is 1. The summed E-state index contributed by atoms with van der Waals surface area (Å²) >= 11 is 9.37. The molecular formula is C16H14BrClN2O3. The molecule has 2 aromatic rings. The summed E-state index contributed by atoms with van der Waals surface area (Å²) in [4.78, 5) is 28.1. The number of carbonyl (C=O) groups is 2. The van der Waals surface area contributed by atoms with E-state index in [1.807, 2.05) is 0 Å². The van der Waals surface area contributed by atoms with Crippen molar-refractivity contribution in [3.63, 3.8) is 0 Å². The Morgan fingerprint density at radius 2 is 2.04 bits per heavy atom. The number of pyridine rings is 1. The molecule has 1 aromatic carbocycles. The van der Waals surface area contributed by atoms with E-state index in [-0.39, 0.29) is 12.3 Å². The Hall–Kier alpha value is -1.92. The Labute approximate surface area is 147 Å². The van der Waals surface area contributed by atoms with E-state index in [0.29, 0.717) is 22.0 Å². The molecule has 1 N–H and O–H groups in total. The third-order valence-corrected chi connectivity index (χ3v) is 3.80. The van der Waals surface area contributed by atoms with Crippen LogP contribution in [0.4, 0.5) is 5.69 Å². The van der Waals surface area contributed by atoms with Crippen LogP contribution >= 0.6 is 27.5 Å². The maximum absolute atomic E-state index is 12.3. The molecule has 0 saturated heterocycles. The number of hydrogen-bond acceptors (Lipinski definition) is 4. The van der Waals surface area contributed by atoms with Crippen molar-refractivity contribution in [3.05, 3.63) is 56.8 Å². The number of nitrogens with one attached hydrogen (secondary N) is 1. The number of ether oxygens (including phenoxy) is 1. The lowest BCUT2D eigenvalue weighted by atomic mass is 10.2. The Balaban J connectivity index is 2.20. The van der Waals surface area contributed by atoms with Gasteiger partial charge in [0.15, 0.2) is 0 Å². The molecule has 5 nitrogen and oxygen atoms in total. The van der Waals surface area contributed by atoms with Crippen molar-refractivity contribution in [1.82, 2.24) is 4.98 Å². The second-order valence-electron chi connectivity index (χ2n) is 4.63. The van der Waals surface area contributed by atoms with Crippen molar-refractivity contribution in [1.29, 1.82) is 0 Å². The predicted octanol–water partition coefficient (Wildman–Crippen LogP) is 4.23. The van der Waals surface area contributed by atoms with Crippen LogP contribution in [-0.4, -0.2) is 23.5 Å². The molecule has 0 bridgehead atoms. The minimum Gasteiger partial charge on any atom is -0.462 e. The summed E-state index contributed by atoms with van der Waals surface area (Å²) in [6.07, 6.45) is 0. The summed E-state index contributed by atoms with van der Waals surface area (Å²) in [6, 6.07) is 8.13. The first-order valence-electron chi connectivity index (χ1n) is 6.83. The second-order valence-corrected chi connectivity index (χ2v) is 5.95. The van der Waals surface area contributed by atoms with Crippen LogP contribution in [0.15, 0.2) is 34.8 Å². The average molecular weight is 398 g/mol.